The molecule has 0 unspecified atom stereocenters. The van der Waals surface area contributed by atoms with Crippen LogP contribution in [0, 0.1) is 0 Å². The van der Waals surface area contributed by atoms with Crippen molar-refractivity contribution in [3.8, 4) is 22.3 Å². The lowest BCUT2D eigenvalue weighted by Gasteiger charge is -2.48. The first-order chi connectivity index (χ1) is 29.5. The van der Waals surface area contributed by atoms with Crippen molar-refractivity contribution in [2.24, 2.45) is 0 Å². The van der Waals surface area contributed by atoms with E-state index in [-0.39, 0.29) is 10.8 Å². The number of aryl methyl sites for hydroxylation is 2. The van der Waals surface area contributed by atoms with E-state index in [2.05, 4.69) is 218 Å². The molecular formula is C58H50N2. The molecular weight excluding hydrogens is 725 g/mol. The molecule has 1 spiro atoms. The summed E-state index contributed by atoms with van der Waals surface area (Å²) in [6.07, 6.45) is 6.73. The van der Waals surface area contributed by atoms with Gasteiger partial charge in [-0.05, 0) is 155 Å². The van der Waals surface area contributed by atoms with Crippen LogP contribution in [-0.2, 0) is 23.7 Å². The Morgan fingerprint density at radius 3 is 1.45 bits per heavy atom. The van der Waals surface area contributed by atoms with Gasteiger partial charge in [0.25, 0.3) is 0 Å². The van der Waals surface area contributed by atoms with Crippen LogP contribution >= 0.6 is 0 Å². The Balaban J connectivity index is 1.15. The average Bonchev–Trinajstić information content (AvgIpc) is 3.53. The molecule has 60 heavy (non-hydrogen) atoms. The Hall–Kier alpha value is -6.64. The number of hydrogen-bond acceptors (Lipinski definition) is 2. The lowest BCUT2D eigenvalue weighted by molar-refractivity contribution is 0.369. The molecule has 0 heterocycles. The predicted octanol–water partition coefficient (Wildman–Crippen LogP) is 15.6. The first kappa shape index (κ1) is 36.4. The van der Waals surface area contributed by atoms with Crippen molar-refractivity contribution in [3.05, 3.63) is 228 Å². The molecule has 0 saturated heterocycles. The van der Waals surface area contributed by atoms with Crippen LogP contribution in [0.3, 0.4) is 0 Å². The quantitative estimate of drug-likeness (QED) is 0.159. The van der Waals surface area contributed by atoms with Crippen molar-refractivity contribution in [1.29, 1.82) is 0 Å². The molecule has 8 aromatic carbocycles. The van der Waals surface area contributed by atoms with Gasteiger partial charge in [-0.15, -0.1) is 0 Å². The second-order valence-corrected chi connectivity index (χ2v) is 17.6. The van der Waals surface area contributed by atoms with E-state index in [9.17, 15) is 0 Å². The van der Waals surface area contributed by atoms with Crippen molar-refractivity contribution in [1.82, 2.24) is 0 Å². The minimum absolute atomic E-state index is 0.113. The largest absolute Gasteiger partial charge is 0.310 e. The highest BCUT2D eigenvalue weighted by atomic mass is 15.2. The van der Waals surface area contributed by atoms with Crippen molar-refractivity contribution < 1.29 is 0 Å². The summed E-state index contributed by atoms with van der Waals surface area (Å²) >= 11 is 0. The molecule has 0 aliphatic heterocycles. The monoisotopic (exact) mass is 774 g/mol. The molecule has 2 heteroatoms. The fourth-order valence-corrected chi connectivity index (χ4v) is 11.3. The van der Waals surface area contributed by atoms with Crippen LogP contribution in [0.1, 0.15) is 72.9 Å². The highest BCUT2D eigenvalue weighted by molar-refractivity contribution is 5.88. The number of hydrogen-bond donors (Lipinski definition) is 0. The normalized spacial score (nSPS) is 17.0. The highest BCUT2D eigenvalue weighted by Gasteiger charge is 2.46. The molecule has 1 atom stereocenters. The van der Waals surface area contributed by atoms with Gasteiger partial charge in [0, 0.05) is 33.6 Å². The summed E-state index contributed by atoms with van der Waals surface area (Å²) in [5.41, 5.74) is 21.0. The first-order valence-electron chi connectivity index (χ1n) is 21.9. The van der Waals surface area contributed by atoms with Crippen LogP contribution in [0.25, 0.3) is 22.3 Å². The molecule has 0 fully saturated rings. The van der Waals surface area contributed by atoms with E-state index in [0.29, 0.717) is 0 Å². The Kier molecular flexibility index (Phi) is 8.85. The summed E-state index contributed by atoms with van der Waals surface area (Å²) in [7, 11) is 0. The maximum atomic E-state index is 2.60. The summed E-state index contributed by atoms with van der Waals surface area (Å²) < 4.78 is 0. The van der Waals surface area contributed by atoms with Crippen LogP contribution in [0.4, 0.5) is 34.1 Å². The van der Waals surface area contributed by atoms with Gasteiger partial charge >= 0.3 is 0 Å². The fraction of sp³-hybridized carbons (Fsp3) is 0.172. The van der Waals surface area contributed by atoms with Gasteiger partial charge in [-0.2, -0.15) is 0 Å². The van der Waals surface area contributed by atoms with Crippen molar-refractivity contribution in [2.75, 3.05) is 9.80 Å². The summed E-state index contributed by atoms with van der Waals surface area (Å²) in [5.74, 6) is 0. The standard InChI is InChI=1S/C58H50N2/c1-57(2)51-29-13-12-28-49(51)50-37-36-48(40-52(50)57)60(47-34-32-42(33-35-47)41-18-6-3-7-19-41)54-31-15-21-44-23-17-39-58(56(44)54)38-16-22-43-20-14-30-53(55(43)58)59(45-24-8-4-9-25-45)46-26-10-5-11-27-46/h3-15,18-21,24-37,40H,16-17,22-23,38-39H2,1-2H3/t58-/m1/s1. The second-order valence-electron chi connectivity index (χ2n) is 17.6. The molecule has 0 amide bonds. The third-order valence-electron chi connectivity index (χ3n) is 13.9. The van der Waals surface area contributed by atoms with E-state index in [1.807, 2.05) is 0 Å². The van der Waals surface area contributed by atoms with Gasteiger partial charge in [0.1, 0.15) is 0 Å². The first-order valence-corrected chi connectivity index (χ1v) is 21.9. The van der Waals surface area contributed by atoms with Gasteiger partial charge < -0.3 is 9.80 Å². The van der Waals surface area contributed by atoms with E-state index < -0.39 is 0 Å². The molecule has 3 aliphatic rings. The Morgan fingerprint density at radius 1 is 0.383 bits per heavy atom. The van der Waals surface area contributed by atoms with E-state index in [4.69, 9.17) is 0 Å². The van der Waals surface area contributed by atoms with Gasteiger partial charge in [-0.3, -0.25) is 0 Å². The van der Waals surface area contributed by atoms with E-state index in [1.165, 1.54) is 89.8 Å². The molecule has 8 aromatic rings. The average molecular weight is 775 g/mol. The SMILES string of the molecule is CC1(C)c2ccccc2-c2ccc(N(c3ccc(-c4ccccc4)cc3)c3cccc4c3[C@]3(CCCc5cccc(N(c6ccccc6)c6ccccc6)c53)CCC4)cc21. The Morgan fingerprint density at radius 2 is 0.850 bits per heavy atom. The van der Waals surface area contributed by atoms with Gasteiger partial charge in [0.05, 0.1) is 11.4 Å². The molecule has 2 nitrogen and oxygen atoms in total. The zero-order valence-corrected chi connectivity index (χ0v) is 34.6. The van der Waals surface area contributed by atoms with Gasteiger partial charge in [-0.25, -0.2) is 0 Å². The molecule has 0 aromatic heterocycles. The lowest BCUT2D eigenvalue weighted by Crippen LogP contribution is -2.38. The number of para-hydroxylation sites is 2. The van der Waals surface area contributed by atoms with Crippen molar-refractivity contribution in [3.63, 3.8) is 0 Å². The third kappa shape index (κ3) is 5.84. The molecule has 3 aliphatic carbocycles. The predicted molar refractivity (Wildman–Crippen MR) is 252 cm³/mol. The molecule has 0 N–H and O–H groups in total. The Bertz CT molecular complexity index is 2800. The fourth-order valence-electron chi connectivity index (χ4n) is 11.3. The summed E-state index contributed by atoms with van der Waals surface area (Å²) in [6.45, 7) is 4.79. The maximum absolute atomic E-state index is 2.60. The summed E-state index contributed by atoms with van der Waals surface area (Å²) in [5, 5.41) is 0. The van der Waals surface area contributed by atoms with Crippen LogP contribution in [-0.4, -0.2) is 0 Å². The van der Waals surface area contributed by atoms with Gasteiger partial charge in [0.15, 0.2) is 0 Å². The maximum Gasteiger partial charge on any atom is 0.0505 e. The minimum atomic E-state index is -0.176. The summed E-state index contributed by atoms with van der Waals surface area (Å²) in [4.78, 5) is 5.12. The molecule has 11 rings (SSSR count). The van der Waals surface area contributed by atoms with Crippen LogP contribution in [0.15, 0.2) is 194 Å². The minimum Gasteiger partial charge on any atom is -0.310 e. The number of nitrogens with zero attached hydrogens (tertiary/aromatic N) is 2. The number of fused-ring (bicyclic) bond motifs is 7. The van der Waals surface area contributed by atoms with Crippen LogP contribution in [0.2, 0.25) is 0 Å². The number of anilines is 6. The zero-order valence-electron chi connectivity index (χ0n) is 34.6. The Labute approximate surface area is 355 Å². The van der Waals surface area contributed by atoms with Crippen LogP contribution in [0.5, 0.6) is 0 Å². The summed E-state index contributed by atoms with van der Waals surface area (Å²) in [6, 6.07) is 72.6. The number of rotatable bonds is 7. The van der Waals surface area contributed by atoms with Crippen molar-refractivity contribution >= 4 is 34.1 Å². The second kappa shape index (κ2) is 14.6. The lowest BCUT2D eigenvalue weighted by atomic mass is 9.59. The van der Waals surface area contributed by atoms with E-state index in [0.717, 1.165) is 38.5 Å². The molecule has 0 saturated carbocycles. The van der Waals surface area contributed by atoms with Crippen molar-refractivity contribution in [2.45, 2.75) is 63.2 Å². The number of benzene rings is 8. The van der Waals surface area contributed by atoms with Gasteiger partial charge in [0.2, 0.25) is 0 Å². The van der Waals surface area contributed by atoms with E-state index >= 15 is 0 Å². The zero-order chi connectivity index (χ0) is 40.3. The molecule has 292 valence electrons. The smallest absolute Gasteiger partial charge is 0.0505 e. The van der Waals surface area contributed by atoms with Gasteiger partial charge in [-0.1, -0.05) is 147 Å². The molecule has 0 bridgehead atoms. The van der Waals surface area contributed by atoms with Crippen LogP contribution < -0.4 is 9.80 Å². The third-order valence-corrected chi connectivity index (χ3v) is 13.9. The molecule has 0 radical (unpaired) electrons. The van der Waals surface area contributed by atoms with E-state index in [1.54, 1.807) is 0 Å². The topological polar surface area (TPSA) is 6.48 Å². The highest BCUT2D eigenvalue weighted by Crippen LogP contribution is 2.58.